The Labute approximate surface area is 154 Å². The van der Waals surface area contributed by atoms with E-state index in [0.717, 1.165) is 11.3 Å². The second-order valence-electron chi connectivity index (χ2n) is 4.95. The molecule has 26 heavy (non-hydrogen) atoms. The minimum atomic E-state index is -3.80. The molecule has 2 rings (SSSR count). The maximum Gasteiger partial charge on any atom is 0.325 e. The summed E-state index contributed by atoms with van der Waals surface area (Å²) in [7, 11) is -1.09. The number of amides is 1. The Morgan fingerprint density at radius 1 is 1.19 bits per heavy atom. The second kappa shape index (κ2) is 8.63. The number of benzene rings is 1. The van der Waals surface area contributed by atoms with Crippen LogP contribution in [0.25, 0.3) is 0 Å². The molecule has 0 aliphatic rings. The third kappa shape index (κ3) is 5.43. The van der Waals surface area contributed by atoms with Gasteiger partial charge in [0.25, 0.3) is 10.0 Å². The Balaban J connectivity index is 1.98. The van der Waals surface area contributed by atoms with E-state index in [1.807, 2.05) is 0 Å². The Morgan fingerprint density at radius 2 is 1.88 bits per heavy atom. The van der Waals surface area contributed by atoms with Crippen LogP contribution in [0, 0.1) is 0 Å². The Bertz CT molecular complexity index is 877. The van der Waals surface area contributed by atoms with Gasteiger partial charge in [-0.05, 0) is 24.3 Å². The maximum absolute atomic E-state index is 12.3. The van der Waals surface area contributed by atoms with Gasteiger partial charge in [0, 0.05) is 5.38 Å². The lowest BCUT2D eigenvalue weighted by Crippen LogP contribution is -2.31. The fourth-order valence-electron chi connectivity index (χ4n) is 1.83. The first-order valence-corrected chi connectivity index (χ1v) is 9.65. The number of ether oxygens (including phenoxy) is 2. The van der Waals surface area contributed by atoms with Crippen LogP contribution in [0.2, 0.25) is 0 Å². The number of rotatable bonds is 8. The molecule has 0 aliphatic carbocycles. The molecule has 1 aromatic heterocycles. The number of hydrogen-bond donors (Lipinski definition) is 2. The number of aromatic nitrogens is 1. The van der Waals surface area contributed by atoms with Crippen molar-refractivity contribution < 1.29 is 27.5 Å². The molecule has 0 fully saturated rings. The molecule has 2 N–H and O–H groups in total. The van der Waals surface area contributed by atoms with Crippen LogP contribution in [0.3, 0.4) is 0 Å². The summed E-state index contributed by atoms with van der Waals surface area (Å²) in [6.07, 6.45) is -0.0856. The first-order valence-electron chi connectivity index (χ1n) is 7.29. The average Bonchev–Trinajstić information content (AvgIpc) is 3.05. The molecular weight excluding hydrogens is 382 g/mol. The van der Waals surface area contributed by atoms with Crippen LogP contribution in [0.15, 0.2) is 34.5 Å². The van der Waals surface area contributed by atoms with Gasteiger partial charge in [0.15, 0.2) is 5.13 Å². The van der Waals surface area contributed by atoms with Crippen LogP contribution >= 0.6 is 11.3 Å². The average molecular weight is 399 g/mol. The molecule has 11 heteroatoms. The highest BCUT2D eigenvalue weighted by Crippen LogP contribution is 2.22. The van der Waals surface area contributed by atoms with E-state index in [9.17, 15) is 18.0 Å². The SMILES string of the molecule is COC(=O)CNC(=O)Cc1csc(NS(=O)(=O)c2ccc(OC)cc2)n1. The van der Waals surface area contributed by atoms with Crippen molar-refractivity contribution >= 4 is 38.4 Å². The summed E-state index contributed by atoms with van der Waals surface area (Å²) in [5.74, 6) is -0.451. The predicted molar refractivity (Wildman–Crippen MR) is 94.6 cm³/mol. The van der Waals surface area contributed by atoms with Crippen molar-refractivity contribution in [3.05, 3.63) is 35.3 Å². The van der Waals surface area contributed by atoms with Gasteiger partial charge in [0.1, 0.15) is 12.3 Å². The smallest absolute Gasteiger partial charge is 0.325 e. The molecular formula is C15H17N3O6S2. The largest absolute Gasteiger partial charge is 0.497 e. The Morgan fingerprint density at radius 3 is 2.50 bits per heavy atom. The monoisotopic (exact) mass is 399 g/mol. The van der Waals surface area contributed by atoms with Crippen molar-refractivity contribution in [2.45, 2.75) is 11.3 Å². The molecule has 0 radical (unpaired) electrons. The molecule has 1 heterocycles. The molecule has 0 aliphatic heterocycles. The first kappa shape index (κ1) is 19.7. The molecule has 0 atom stereocenters. The van der Waals surface area contributed by atoms with E-state index < -0.39 is 21.9 Å². The summed E-state index contributed by atoms with van der Waals surface area (Å²) in [6.45, 7) is -0.240. The molecule has 0 bridgehead atoms. The van der Waals surface area contributed by atoms with Crippen molar-refractivity contribution in [2.24, 2.45) is 0 Å². The van der Waals surface area contributed by atoms with Gasteiger partial charge < -0.3 is 14.8 Å². The number of anilines is 1. The fourth-order valence-corrected chi connectivity index (χ4v) is 3.80. The van der Waals surface area contributed by atoms with E-state index in [1.54, 1.807) is 5.38 Å². The van der Waals surface area contributed by atoms with Crippen LogP contribution in [0.1, 0.15) is 5.69 Å². The number of carbonyl (C=O) groups excluding carboxylic acids is 2. The lowest BCUT2D eigenvalue weighted by atomic mass is 10.3. The molecule has 0 unspecified atom stereocenters. The summed E-state index contributed by atoms with van der Waals surface area (Å²) in [5.41, 5.74) is 0.379. The van der Waals surface area contributed by atoms with Gasteiger partial charge in [-0.2, -0.15) is 0 Å². The Kier molecular flexibility index (Phi) is 6.52. The zero-order chi connectivity index (χ0) is 19.2. The van der Waals surface area contributed by atoms with E-state index >= 15 is 0 Å². The summed E-state index contributed by atoms with van der Waals surface area (Å²) < 4.78 is 36.4. The molecule has 0 saturated heterocycles. The van der Waals surface area contributed by atoms with Crippen LogP contribution in [-0.4, -0.2) is 46.0 Å². The summed E-state index contributed by atoms with van der Waals surface area (Å²) in [6, 6.07) is 5.90. The summed E-state index contributed by atoms with van der Waals surface area (Å²) in [5, 5.41) is 4.07. The molecule has 9 nitrogen and oxygen atoms in total. The van der Waals surface area contributed by atoms with Crippen molar-refractivity contribution in [3.8, 4) is 5.75 Å². The standard InChI is InChI=1S/C15H17N3O6S2/c1-23-11-3-5-12(6-4-11)26(21,22)18-15-17-10(9-25-15)7-13(19)16-8-14(20)24-2/h3-6,9H,7-8H2,1-2H3,(H,16,19)(H,17,18). The number of methoxy groups -OCH3 is 2. The molecule has 1 amide bonds. The highest BCUT2D eigenvalue weighted by atomic mass is 32.2. The molecule has 0 spiro atoms. The molecule has 2 aromatic rings. The quantitative estimate of drug-likeness (QED) is 0.629. The first-order chi connectivity index (χ1) is 12.3. The number of hydrogen-bond acceptors (Lipinski definition) is 8. The van der Waals surface area contributed by atoms with Crippen molar-refractivity contribution in [1.29, 1.82) is 0 Å². The lowest BCUT2D eigenvalue weighted by Gasteiger charge is -2.06. The summed E-state index contributed by atoms with van der Waals surface area (Å²) in [4.78, 5) is 26.8. The maximum atomic E-state index is 12.3. The normalized spacial score (nSPS) is 10.8. The number of carbonyl (C=O) groups is 2. The van der Waals surface area contributed by atoms with Gasteiger partial charge in [0.05, 0.1) is 31.2 Å². The van der Waals surface area contributed by atoms with Crippen LogP contribution in [0.5, 0.6) is 5.75 Å². The summed E-state index contributed by atoms with van der Waals surface area (Å²) >= 11 is 1.05. The second-order valence-corrected chi connectivity index (χ2v) is 7.50. The highest BCUT2D eigenvalue weighted by molar-refractivity contribution is 7.93. The van der Waals surface area contributed by atoms with E-state index in [1.165, 1.54) is 38.5 Å². The van der Waals surface area contributed by atoms with E-state index in [0.29, 0.717) is 11.4 Å². The number of nitrogens with zero attached hydrogens (tertiary/aromatic N) is 1. The van der Waals surface area contributed by atoms with Crippen LogP contribution in [-0.2, 0) is 30.8 Å². The van der Waals surface area contributed by atoms with Crippen molar-refractivity contribution in [3.63, 3.8) is 0 Å². The van der Waals surface area contributed by atoms with Gasteiger partial charge in [-0.15, -0.1) is 11.3 Å². The van der Waals surface area contributed by atoms with Gasteiger partial charge in [-0.25, -0.2) is 13.4 Å². The topological polar surface area (TPSA) is 124 Å². The zero-order valence-electron chi connectivity index (χ0n) is 14.0. The highest BCUT2D eigenvalue weighted by Gasteiger charge is 2.17. The van der Waals surface area contributed by atoms with Gasteiger partial charge in [-0.1, -0.05) is 0 Å². The zero-order valence-corrected chi connectivity index (χ0v) is 15.6. The fraction of sp³-hybridized carbons (Fsp3) is 0.267. The molecule has 0 saturated carbocycles. The van der Waals surface area contributed by atoms with Crippen molar-refractivity contribution in [1.82, 2.24) is 10.3 Å². The van der Waals surface area contributed by atoms with E-state index in [2.05, 4.69) is 19.8 Å². The van der Waals surface area contributed by atoms with Crippen molar-refractivity contribution in [2.75, 3.05) is 25.5 Å². The minimum Gasteiger partial charge on any atom is -0.497 e. The number of nitrogens with one attached hydrogen (secondary N) is 2. The number of thiazole rings is 1. The predicted octanol–water partition coefficient (Wildman–Crippen LogP) is 0.784. The van der Waals surface area contributed by atoms with Crippen LogP contribution in [0.4, 0.5) is 5.13 Å². The minimum absolute atomic E-state index is 0.0610. The third-order valence-electron chi connectivity index (χ3n) is 3.14. The van der Waals surface area contributed by atoms with Gasteiger partial charge in [0.2, 0.25) is 5.91 Å². The number of sulfonamides is 1. The molecule has 1 aromatic carbocycles. The molecule has 140 valence electrons. The van der Waals surface area contributed by atoms with E-state index in [-0.39, 0.29) is 23.0 Å². The number of esters is 1. The third-order valence-corrected chi connectivity index (χ3v) is 5.43. The van der Waals surface area contributed by atoms with E-state index in [4.69, 9.17) is 4.74 Å². The van der Waals surface area contributed by atoms with Gasteiger partial charge >= 0.3 is 5.97 Å². The van der Waals surface area contributed by atoms with Gasteiger partial charge in [-0.3, -0.25) is 14.3 Å². The Hall–Kier alpha value is -2.66. The lowest BCUT2D eigenvalue weighted by molar-refractivity contribution is -0.141. The van der Waals surface area contributed by atoms with Crippen LogP contribution < -0.4 is 14.8 Å².